The van der Waals surface area contributed by atoms with Gasteiger partial charge in [0.05, 0.1) is 12.7 Å². The second kappa shape index (κ2) is 10.6. The molecule has 0 aromatic carbocycles. The zero-order valence-corrected chi connectivity index (χ0v) is 14.2. The number of nitrogens with zero attached hydrogens (tertiary/aromatic N) is 1. The quantitative estimate of drug-likeness (QED) is 0.666. The number of rotatable bonds is 10. The van der Waals surface area contributed by atoms with Crippen LogP contribution in [0.4, 0.5) is 0 Å². The molecule has 0 aromatic rings. The number of likely N-dealkylation sites (N-methyl/N-ethyl adjacent to an activating group) is 1. The standard InChI is InChI=1S/C17H36N2O/c1-5-11-18-17(16-9-7-6-8-10-16)14-19(4)12-13-20-15(2)3/h15-18H,5-14H2,1-4H3. The molecular weight excluding hydrogens is 248 g/mol. The maximum atomic E-state index is 5.66. The number of hydrogen-bond donors (Lipinski definition) is 1. The molecule has 1 saturated carbocycles. The molecule has 3 heteroatoms. The molecule has 0 saturated heterocycles. The van der Waals surface area contributed by atoms with Crippen molar-refractivity contribution in [1.29, 1.82) is 0 Å². The Morgan fingerprint density at radius 2 is 1.90 bits per heavy atom. The van der Waals surface area contributed by atoms with Crippen molar-refractivity contribution < 1.29 is 4.74 Å². The van der Waals surface area contributed by atoms with Crippen molar-refractivity contribution in [3.63, 3.8) is 0 Å². The molecule has 20 heavy (non-hydrogen) atoms. The summed E-state index contributed by atoms with van der Waals surface area (Å²) in [5.41, 5.74) is 0. The van der Waals surface area contributed by atoms with E-state index in [2.05, 4.69) is 38.0 Å². The summed E-state index contributed by atoms with van der Waals surface area (Å²) >= 11 is 0. The first-order chi connectivity index (χ1) is 9.63. The van der Waals surface area contributed by atoms with Crippen molar-refractivity contribution in [2.24, 2.45) is 5.92 Å². The Balaban J connectivity index is 2.33. The third-order valence-electron chi connectivity index (χ3n) is 4.31. The highest BCUT2D eigenvalue weighted by molar-refractivity contribution is 4.81. The normalized spacial score (nSPS) is 18.9. The fourth-order valence-electron chi connectivity index (χ4n) is 3.12. The summed E-state index contributed by atoms with van der Waals surface area (Å²) in [7, 11) is 2.23. The van der Waals surface area contributed by atoms with Gasteiger partial charge >= 0.3 is 0 Å². The van der Waals surface area contributed by atoms with E-state index in [1.807, 2.05) is 0 Å². The van der Waals surface area contributed by atoms with Crippen molar-refractivity contribution >= 4 is 0 Å². The minimum atomic E-state index is 0.343. The van der Waals surface area contributed by atoms with Gasteiger partial charge in [-0.05, 0) is 52.6 Å². The first kappa shape index (κ1) is 17.9. The Hall–Kier alpha value is -0.120. The van der Waals surface area contributed by atoms with E-state index >= 15 is 0 Å². The zero-order valence-electron chi connectivity index (χ0n) is 14.2. The van der Waals surface area contributed by atoms with Crippen LogP contribution in [0.3, 0.4) is 0 Å². The van der Waals surface area contributed by atoms with E-state index < -0.39 is 0 Å². The van der Waals surface area contributed by atoms with Crippen LogP contribution in [0.1, 0.15) is 59.3 Å². The van der Waals surface area contributed by atoms with Gasteiger partial charge in [-0.15, -0.1) is 0 Å². The van der Waals surface area contributed by atoms with Crippen LogP contribution in [0.15, 0.2) is 0 Å². The summed E-state index contributed by atoms with van der Waals surface area (Å²) in [4.78, 5) is 2.43. The average molecular weight is 284 g/mol. The van der Waals surface area contributed by atoms with Gasteiger partial charge in [0.15, 0.2) is 0 Å². The van der Waals surface area contributed by atoms with Gasteiger partial charge < -0.3 is 15.0 Å². The fourth-order valence-corrected chi connectivity index (χ4v) is 3.12. The molecule has 1 aliphatic rings. The first-order valence-electron chi connectivity index (χ1n) is 8.67. The predicted molar refractivity (Wildman–Crippen MR) is 87.2 cm³/mol. The Morgan fingerprint density at radius 3 is 2.50 bits per heavy atom. The zero-order chi connectivity index (χ0) is 14.8. The van der Waals surface area contributed by atoms with E-state index in [1.165, 1.54) is 38.5 Å². The lowest BCUT2D eigenvalue weighted by Gasteiger charge is -2.34. The lowest BCUT2D eigenvalue weighted by atomic mass is 9.83. The molecule has 0 heterocycles. The van der Waals surface area contributed by atoms with Gasteiger partial charge in [0.25, 0.3) is 0 Å². The van der Waals surface area contributed by atoms with Crippen LogP contribution in [0, 0.1) is 5.92 Å². The molecule has 120 valence electrons. The third-order valence-corrected chi connectivity index (χ3v) is 4.31. The van der Waals surface area contributed by atoms with Gasteiger partial charge in [0.1, 0.15) is 0 Å². The maximum absolute atomic E-state index is 5.66. The van der Waals surface area contributed by atoms with E-state index in [0.29, 0.717) is 12.1 Å². The molecule has 1 N–H and O–H groups in total. The summed E-state index contributed by atoms with van der Waals surface area (Å²) in [5, 5.41) is 3.79. The third kappa shape index (κ3) is 7.61. The molecule has 0 aromatic heterocycles. The molecule has 1 unspecified atom stereocenters. The van der Waals surface area contributed by atoms with Gasteiger partial charge in [0.2, 0.25) is 0 Å². The molecule has 0 amide bonds. The van der Waals surface area contributed by atoms with Crippen molar-refractivity contribution in [2.45, 2.75) is 71.4 Å². The van der Waals surface area contributed by atoms with Crippen LogP contribution in [-0.4, -0.2) is 50.3 Å². The van der Waals surface area contributed by atoms with Gasteiger partial charge in [-0.2, -0.15) is 0 Å². The molecule has 0 spiro atoms. The fraction of sp³-hybridized carbons (Fsp3) is 1.00. The summed E-state index contributed by atoms with van der Waals surface area (Å²) in [6.07, 6.45) is 8.69. The molecule has 0 bridgehead atoms. The number of nitrogens with one attached hydrogen (secondary N) is 1. The van der Waals surface area contributed by atoms with Crippen molar-refractivity contribution in [2.75, 3.05) is 33.3 Å². The Kier molecular flexibility index (Phi) is 9.49. The number of hydrogen-bond acceptors (Lipinski definition) is 3. The average Bonchev–Trinajstić information content (AvgIpc) is 2.44. The van der Waals surface area contributed by atoms with Gasteiger partial charge in [0, 0.05) is 19.1 Å². The van der Waals surface area contributed by atoms with Crippen molar-refractivity contribution in [3.05, 3.63) is 0 Å². The molecular formula is C17H36N2O. The minimum absolute atomic E-state index is 0.343. The monoisotopic (exact) mass is 284 g/mol. The predicted octanol–water partition coefficient (Wildman–Crippen LogP) is 3.29. The second-order valence-corrected chi connectivity index (χ2v) is 6.64. The SMILES string of the molecule is CCCNC(CN(C)CCOC(C)C)C1CCCCC1. The van der Waals surface area contributed by atoms with E-state index in [-0.39, 0.29) is 0 Å². The van der Waals surface area contributed by atoms with E-state index in [0.717, 1.165) is 32.2 Å². The highest BCUT2D eigenvalue weighted by atomic mass is 16.5. The second-order valence-electron chi connectivity index (χ2n) is 6.64. The molecule has 1 atom stereocenters. The molecule has 0 radical (unpaired) electrons. The molecule has 1 aliphatic carbocycles. The topological polar surface area (TPSA) is 24.5 Å². The maximum Gasteiger partial charge on any atom is 0.0596 e. The molecule has 3 nitrogen and oxygen atoms in total. The summed E-state index contributed by atoms with van der Waals surface area (Å²) < 4.78 is 5.66. The Bertz CT molecular complexity index is 227. The van der Waals surface area contributed by atoms with Crippen molar-refractivity contribution in [1.82, 2.24) is 10.2 Å². The Labute approximate surface area is 126 Å². The lowest BCUT2D eigenvalue weighted by molar-refractivity contribution is 0.0600. The highest BCUT2D eigenvalue weighted by Gasteiger charge is 2.24. The van der Waals surface area contributed by atoms with E-state index in [4.69, 9.17) is 4.74 Å². The number of ether oxygens (including phenoxy) is 1. The smallest absolute Gasteiger partial charge is 0.0596 e. The van der Waals surface area contributed by atoms with E-state index in [1.54, 1.807) is 0 Å². The largest absolute Gasteiger partial charge is 0.377 e. The lowest BCUT2D eigenvalue weighted by Crippen LogP contribution is -2.46. The van der Waals surface area contributed by atoms with Gasteiger partial charge in [-0.1, -0.05) is 26.2 Å². The van der Waals surface area contributed by atoms with Gasteiger partial charge in [-0.25, -0.2) is 0 Å². The van der Waals surface area contributed by atoms with Crippen molar-refractivity contribution in [3.8, 4) is 0 Å². The minimum Gasteiger partial charge on any atom is -0.377 e. The van der Waals surface area contributed by atoms with Crippen LogP contribution in [0.5, 0.6) is 0 Å². The first-order valence-corrected chi connectivity index (χ1v) is 8.67. The summed E-state index contributed by atoms with van der Waals surface area (Å²) in [6, 6.07) is 0.666. The highest BCUT2D eigenvalue weighted by Crippen LogP contribution is 2.26. The van der Waals surface area contributed by atoms with Crippen LogP contribution >= 0.6 is 0 Å². The summed E-state index contributed by atoms with van der Waals surface area (Å²) in [6.45, 7) is 10.7. The van der Waals surface area contributed by atoms with Crippen LogP contribution in [0.2, 0.25) is 0 Å². The van der Waals surface area contributed by atoms with Gasteiger partial charge in [-0.3, -0.25) is 0 Å². The van der Waals surface area contributed by atoms with Crippen LogP contribution < -0.4 is 5.32 Å². The van der Waals surface area contributed by atoms with Crippen LogP contribution in [-0.2, 0) is 4.74 Å². The molecule has 0 aliphatic heterocycles. The Morgan fingerprint density at radius 1 is 1.20 bits per heavy atom. The molecule has 1 rings (SSSR count). The summed E-state index contributed by atoms with van der Waals surface area (Å²) in [5.74, 6) is 0.878. The van der Waals surface area contributed by atoms with E-state index in [9.17, 15) is 0 Å². The van der Waals surface area contributed by atoms with Crippen LogP contribution in [0.25, 0.3) is 0 Å². The molecule has 1 fully saturated rings.